The van der Waals surface area contributed by atoms with Gasteiger partial charge in [0.1, 0.15) is 5.75 Å². The van der Waals surface area contributed by atoms with Gasteiger partial charge >= 0.3 is 0 Å². The fourth-order valence-corrected chi connectivity index (χ4v) is 1.74. The molecular formula is C13H13N3O3. The number of rotatable bonds is 3. The number of carbonyl (C=O) groups is 2. The smallest absolute Gasteiger partial charge is 0.264 e. The van der Waals surface area contributed by atoms with Gasteiger partial charge in [0.05, 0.1) is 11.8 Å². The first-order chi connectivity index (χ1) is 9.11. The Morgan fingerprint density at radius 3 is 3.11 bits per heavy atom. The highest BCUT2D eigenvalue weighted by Gasteiger charge is 2.22. The van der Waals surface area contributed by atoms with Gasteiger partial charge in [0, 0.05) is 25.6 Å². The minimum atomic E-state index is -0.229. The minimum Gasteiger partial charge on any atom is -0.482 e. The molecule has 1 aromatic carbocycles. The topological polar surface area (TPSA) is 82.4 Å². The maximum Gasteiger partial charge on any atom is 0.264 e. The Hall–Kier alpha value is -2.55. The molecule has 1 heterocycles. The van der Waals surface area contributed by atoms with E-state index in [-0.39, 0.29) is 31.3 Å². The Balaban J connectivity index is 2.15. The molecule has 0 atom stereocenters. The van der Waals surface area contributed by atoms with Crippen molar-refractivity contribution in [1.29, 1.82) is 5.26 Å². The Kier molecular flexibility index (Phi) is 3.66. The predicted octanol–water partition coefficient (Wildman–Crippen LogP) is 1.28. The maximum atomic E-state index is 11.5. The molecule has 1 N–H and O–H groups in total. The summed E-state index contributed by atoms with van der Waals surface area (Å²) in [4.78, 5) is 24.5. The average Bonchev–Trinajstić information content (AvgIpc) is 2.41. The van der Waals surface area contributed by atoms with E-state index in [0.29, 0.717) is 17.1 Å². The first kappa shape index (κ1) is 12.9. The molecule has 0 bridgehead atoms. The van der Waals surface area contributed by atoms with Crippen molar-refractivity contribution >= 4 is 23.2 Å². The number of fused-ring (bicyclic) bond motifs is 1. The van der Waals surface area contributed by atoms with Crippen LogP contribution in [0.5, 0.6) is 5.75 Å². The van der Waals surface area contributed by atoms with Gasteiger partial charge in [0.15, 0.2) is 6.61 Å². The molecule has 0 aromatic heterocycles. The molecule has 1 aromatic rings. The van der Waals surface area contributed by atoms with Crippen LogP contribution in [0.4, 0.5) is 11.4 Å². The zero-order valence-electron chi connectivity index (χ0n) is 10.5. The van der Waals surface area contributed by atoms with Gasteiger partial charge in [-0.25, -0.2) is 0 Å². The SMILES string of the molecule is CN1C(=O)COc2ccc(NC(=O)CCC#N)cc21. The number of hydrogen-bond donors (Lipinski definition) is 1. The van der Waals surface area contributed by atoms with Crippen molar-refractivity contribution in [2.75, 3.05) is 23.9 Å². The molecule has 1 aliphatic rings. The van der Waals surface area contributed by atoms with Gasteiger partial charge in [-0.05, 0) is 18.2 Å². The van der Waals surface area contributed by atoms with Crippen LogP contribution in [0.2, 0.25) is 0 Å². The zero-order valence-corrected chi connectivity index (χ0v) is 10.5. The van der Waals surface area contributed by atoms with Crippen molar-refractivity contribution in [3.8, 4) is 11.8 Å². The quantitative estimate of drug-likeness (QED) is 0.886. The number of nitrogens with zero attached hydrogens (tertiary/aromatic N) is 2. The second-order valence-corrected chi connectivity index (χ2v) is 4.13. The van der Waals surface area contributed by atoms with E-state index >= 15 is 0 Å². The van der Waals surface area contributed by atoms with E-state index in [9.17, 15) is 9.59 Å². The van der Waals surface area contributed by atoms with E-state index in [0.717, 1.165) is 0 Å². The third-order valence-electron chi connectivity index (χ3n) is 2.79. The maximum absolute atomic E-state index is 11.5. The molecule has 6 heteroatoms. The lowest BCUT2D eigenvalue weighted by atomic mass is 10.2. The molecule has 6 nitrogen and oxygen atoms in total. The van der Waals surface area contributed by atoms with E-state index in [1.165, 1.54) is 4.90 Å². The normalized spacial score (nSPS) is 13.3. The fraction of sp³-hybridized carbons (Fsp3) is 0.308. The van der Waals surface area contributed by atoms with Crippen molar-refractivity contribution in [2.24, 2.45) is 0 Å². The summed E-state index contributed by atoms with van der Waals surface area (Å²) in [6.45, 7) is 0.0252. The molecule has 0 saturated carbocycles. The number of amides is 2. The molecule has 0 aliphatic carbocycles. The number of nitriles is 1. The number of benzene rings is 1. The summed E-state index contributed by atoms with van der Waals surface area (Å²) in [5.74, 6) is 0.241. The Labute approximate surface area is 110 Å². The van der Waals surface area contributed by atoms with E-state index in [1.54, 1.807) is 25.2 Å². The van der Waals surface area contributed by atoms with Crippen molar-refractivity contribution in [3.05, 3.63) is 18.2 Å². The van der Waals surface area contributed by atoms with Crippen LogP contribution in [0.3, 0.4) is 0 Å². The van der Waals surface area contributed by atoms with Crippen LogP contribution in [0, 0.1) is 11.3 Å². The fourth-order valence-electron chi connectivity index (χ4n) is 1.74. The standard InChI is InChI=1S/C13H13N3O3/c1-16-10-7-9(15-12(17)3-2-6-14)4-5-11(10)19-8-13(16)18/h4-5,7H,2-3,8H2,1H3,(H,15,17). The number of carbonyl (C=O) groups excluding carboxylic acids is 2. The second-order valence-electron chi connectivity index (χ2n) is 4.13. The predicted molar refractivity (Wildman–Crippen MR) is 68.8 cm³/mol. The minimum absolute atomic E-state index is 0.0252. The van der Waals surface area contributed by atoms with Crippen molar-refractivity contribution in [1.82, 2.24) is 0 Å². The number of nitrogens with one attached hydrogen (secondary N) is 1. The van der Waals surface area contributed by atoms with Crippen LogP contribution in [-0.4, -0.2) is 25.5 Å². The molecule has 0 unspecified atom stereocenters. The molecule has 2 rings (SSSR count). The second kappa shape index (κ2) is 5.40. The lowest BCUT2D eigenvalue weighted by Gasteiger charge is -2.26. The average molecular weight is 259 g/mol. The van der Waals surface area contributed by atoms with Crippen LogP contribution in [0.15, 0.2) is 18.2 Å². The third-order valence-corrected chi connectivity index (χ3v) is 2.79. The Morgan fingerprint density at radius 1 is 1.58 bits per heavy atom. The van der Waals surface area contributed by atoms with E-state index in [1.807, 2.05) is 6.07 Å². The van der Waals surface area contributed by atoms with Gasteiger partial charge in [0.25, 0.3) is 5.91 Å². The van der Waals surface area contributed by atoms with Crippen molar-refractivity contribution in [3.63, 3.8) is 0 Å². The van der Waals surface area contributed by atoms with Gasteiger partial charge in [-0.2, -0.15) is 5.26 Å². The summed E-state index contributed by atoms with van der Waals surface area (Å²) in [5.41, 5.74) is 1.20. The lowest BCUT2D eigenvalue weighted by Crippen LogP contribution is -2.35. The van der Waals surface area contributed by atoms with Crippen LogP contribution in [0.25, 0.3) is 0 Å². The highest BCUT2D eigenvalue weighted by molar-refractivity contribution is 5.99. The number of ether oxygens (including phenoxy) is 1. The summed E-state index contributed by atoms with van der Waals surface area (Å²) >= 11 is 0. The van der Waals surface area contributed by atoms with Crippen LogP contribution in [-0.2, 0) is 9.59 Å². The summed E-state index contributed by atoms with van der Waals surface area (Å²) in [6.07, 6.45) is 0.330. The Morgan fingerprint density at radius 2 is 2.37 bits per heavy atom. The summed E-state index contributed by atoms with van der Waals surface area (Å²) in [7, 11) is 1.66. The molecule has 0 radical (unpaired) electrons. The number of likely N-dealkylation sites (N-methyl/N-ethyl adjacent to an activating group) is 1. The molecule has 0 spiro atoms. The van der Waals surface area contributed by atoms with Crippen LogP contribution < -0.4 is 15.0 Å². The summed E-state index contributed by atoms with van der Waals surface area (Å²) < 4.78 is 5.28. The number of hydrogen-bond acceptors (Lipinski definition) is 4. The highest BCUT2D eigenvalue weighted by atomic mass is 16.5. The van der Waals surface area contributed by atoms with E-state index < -0.39 is 0 Å². The van der Waals surface area contributed by atoms with Crippen molar-refractivity contribution in [2.45, 2.75) is 12.8 Å². The molecule has 98 valence electrons. The lowest BCUT2D eigenvalue weighted by molar-refractivity contribution is -0.121. The van der Waals surface area contributed by atoms with Gasteiger partial charge in [-0.15, -0.1) is 0 Å². The molecule has 19 heavy (non-hydrogen) atoms. The van der Waals surface area contributed by atoms with Crippen molar-refractivity contribution < 1.29 is 14.3 Å². The van der Waals surface area contributed by atoms with Crippen LogP contribution >= 0.6 is 0 Å². The Bertz CT molecular complexity index is 563. The summed E-state index contributed by atoms with van der Waals surface area (Å²) in [5, 5.41) is 11.1. The molecule has 2 amide bonds. The van der Waals surface area contributed by atoms with Gasteiger partial charge in [0.2, 0.25) is 5.91 Å². The number of anilines is 2. The molecule has 1 aliphatic heterocycles. The summed E-state index contributed by atoms with van der Waals surface area (Å²) in [6, 6.07) is 7.00. The first-order valence-corrected chi connectivity index (χ1v) is 5.82. The van der Waals surface area contributed by atoms with E-state index in [4.69, 9.17) is 10.00 Å². The van der Waals surface area contributed by atoms with Gasteiger partial charge in [-0.3, -0.25) is 9.59 Å². The van der Waals surface area contributed by atoms with Gasteiger partial charge < -0.3 is 15.0 Å². The molecular weight excluding hydrogens is 246 g/mol. The first-order valence-electron chi connectivity index (χ1n) is 5.82. The molecule has 0 fully saturated rings. The largest absolute Gasteiger partial charge is 0.482 e. The highest BCUT2D eigenvalue weighted by Crippen LogP contribution is 2.33. The molecule has 0 saturated heterocycles. The monoisotopic (exact) mass is 259 g/mol. The van der Waals surface area contributed by atoms with Gasteiger partial charge in [-0.1, -0.05) is 0 Å². The van der Waals surface area contributed by atoms with Crippen LogP contribution in [0.1, 0.15) is 12.8 Å². The van der Waals surface area contributed by atoms with E-state index in [2.05, 4.69) is 5.32 Å². The zero-order chi connectivity index (χ0) is 13.8. The third kappa shape index (κ3) is 2.83.